The van der Waals surface area contributed by atoms with Gasteiger partial charge in [-0.15, -0.1) is 12.3 Å². The molecule has 1 N–H and O–H groups in total. The van der Waals surface area contributed by atoms with Crippen LogP contribution in [-0.4, -0.2) is 12.1 Å². The smallest absolute Gasteiger partial charge is 0.0952 e. The van der Waals surface area contributed by atoms with Crippen LogP contribution in [0.5, 0.6) is 0 Å². The molecular weight excluding hydrogens is 136 g/mol. The summed E-state index contributed by atoms with van der Waals surface area (Å²) in [5.74, 6) is 2.55. The summed E-state index contributed by atoms with van der Waals surface area (Å²) in [5, 5.41) is 11.7. The Bertz CT molecular complexity index is 173. The van der Waals surface area contributed by atoms with Gasteiger partial charge >= 0.3 is 0 Å². The van der Waals surface area contributed by atoms with Crippen molar-refractivity contribution < 1.29 is 0 Å². The molecule has 0 aliphatic rings. The van der Waals surface area contributed by atoms with E-state index in [-0.39, 0.29) is 12.1 Å². The summed E-state index contributed by atoms with van der Waals surface area (Å²) >= 11 is 0. The van der Waals surface area contributed by atoms with Gasteiger partial charge in [0, 0.05) is 12.5 Å². The number of terminal acetylenes is 1. The van der Waals surface area contributed by atoms with E-state index in [1.165, 1.54) is 0 Å². The number of nitrogens with one attached hydrogen (secondary N) is 1. The summed E-state index contributed by atoms with van der Waals surface area (Å²) in [6.45, 7) is 3.96. The predicted octanol–water partition coefficient (Wildman–Crippen LogP) is 1.29. The zero-order valence-corrected chi connectivity index (χ0v) is 7.09. The maximum Gasteiger partial charge on any atom is 0.0952 e. The van der Waals surface area contributed by atoms with Gasteiger partial charge in [-0.05, 0) is 13.3 Å². The zero-order valence-electron chi connectivity index (χ0n) is 7.09. The second-order valence-corrected chi connectivity index (χ2v) is 2.57. The van der Waals surface area contributed by atoms with Crippen LogP contribution >= 0.6 is 0 Å². The second kappa shape index (κ2) is 5.77. The van der Waals surface area contributed by atoms with Gasteiger partial charge in [0.15, 0.2) is 0 Å². The number of nitriles is 1. The molecule has 0 saturated heterocycles. The van der Waals surface area contributed by atoms with Gasteiger partial charge in [0.1, 0.15) is 0 Å². The first-order valence-electron chi connectivity index (χ1n) is 3.83. The van der Waals surface area contributed by atoms with Crippen LogP contribution in [0.2, 0.25) is 0 Å². The minimum Gasteiger partial charge on any atom is -0.298 e. The van der Waals surface area contributed by atoms with Gasteiger partial charge in [-0.25, -0.2) is 0 Å². The Morgan fingerprint density at radius 3 is 2.64 bits per heavy atom. The highest BCUT2D eigenvalue weighted by atomic mass is 14.9. The molecule has 0 fully saturated rings. The van der Waals surface area contributed by atoms with E-state index in [1.807, 2.05) is 13.8 Å². The van der Waals surface area contributed by atoms with Crippen LogP contribution < -0.4 is 5.32 Å². The molecule has 11 heavy (non-hydrogen) atoms. The molecule has 0 heterocycles. The van der Waals surface area contributed by atoms with E-state index in [0.29, 0.717) is 6.42 Å². The normalized spacial score (nSPS) is 14.5. The fraction of sp³-hybridized carbons (Fsp3) is 0.667. The van der Waals surface area contributed by atoms with E-state index in [0.717, 1.165) is 6.42 Å². The Labute approximate surface area is 68.6 Å². The van der Waals surface area contributed by atoms with Crippen LogP contribution in [0.4, 0.5) is 0 Å². The molecule has 2 unspecified atom stereocenters. The summed E-state index contributed by atoms with van der Waals surface area (Å²) in [6, 6.07) is 2.34. The summed E-state index contributed by atoms with van der Waals surface area (Å²) in [4.78, 5) is 0. The first-order chi connectivity index (χ1) is 5.24. The first kappa shape index (κ1) is 10.0. The molecule has 0 spiro atoms. The van der Waals surface area contributed by atoms with Gasteiger partial charge in [0.25, 0.3) is 0 Å². The Morgan fingerprint density at radius 2 is 2.27 bits per heavy atom. The van der Waals surface area contributed by atoms with E-state index >= 15 is 0 Å². The van der Waals surface area contributed by atoms with Gasteiger partial charge in [0.2, 0.25) is 0 Å². The number of hydrogen-bond acceptors (Lipinski definition) is 2. The van der Waals surface area contributed by atoms with Crippen LogP contribution in [0.15, 0.2) is 0 Å². The molecule has 2 heteroatoms. The molecule has 0 aromatic rings. The van der Waals surface area contributed by atoms with Crippen molar-refractivity contribution >= 4 is 0 Å². The molecule has 2 nitrogen and oxygen atoms in total. The lowest BCUT2D eigenvalue weighted by Gasteiger charge is -2.13. The minimum absolute atomic E-state index is 0.0571. The Hall–Kier alpha value is -0.990. The molecule has 0 aliphatic carbocycles. The van der Waals surface area contributed by atoms with Gasteiger partial charge < -0.3 is 0 Å². The quantitative estimate of drug-likeness (QED) is 0.613. The zero-order chi connectivity index (χ0) is 8.69. The largest absolute Gasteiger partial charge is 0.298 e. The van der Waals surface area contributed by atoms with Gasteiger partial charge in [-0.3, -0.25) is 5.32 Å². The topological polar surface area (TPSA) is 35.8 Å². The molecule has 0 radical (unpaired) electrons. The lowest BCUT2D eigenvalue weighted by molar-refractivity contribution is 0.500. The summed E-state index contributed by atoms with van der Waals surface area (Å²) < 4.78 is 0. The van der Waals surface area contributed by atoms with E-state index < -0.39 is 0 Å². The molecule has 0 bridgehead atoms. The highest BCUT2D eigenvalue weighted by Crippen LogP contribution is 1.94. The van der Waals surface area contributed by atoms with E-state index in [9.17, 15) is 0 Å². The minimum atomic E-state index is -0.0571. The summed E-state index contributed by atoms with van der Waals surface area (Å²) in [5.41, 5.74) is 0. The monoisotopic (exact) mass is 150 g/mol. The number of nitrogens with zero attached hydrogens (tertiary/aromatic N) is 1. The molecule has 60 valence electrons. The van der Waals surface area contributed by atoms with Crippen molar-refractivity contribution in [3.05, 3.63) is 0 Å². The van der Waals surface area contributed by atoms with Crippen molar-refractivity contribution in [2.45, 2.75) is 38.8 Å². The molecule has 0 saturated carbocycles. The Morgan fingerprint density at radius 1 is 1.64 bits per heavy atom. The van der Waals surface area contributed by atoms with Crippen molar-refractivity contribution in [3.8, 4) is 18.4 Å². The highest BCUT2D eigenvalue weighted by Gasteiger charge is 2.06. The third kappa shape index (κ3) is 4.42. The maximum atomic E-state index is 8.58. The van der Waals surface area contributed by atoms with Crippen LogP contribution in [0, 0.1) is 23.7 Å². The SMILES string of the molecule is C#CCC(C)NC(C#N)CC. The summed E-state index contributed by atoms with van der Waals surface area (Å²) in [6.07, 6.45) is 6.62. The molecule has 0 aromatic carbocycles. The fourth-order valence-corrected chi connectivity index (χ4v) is 0.826. The van der Waals surface area contributed by atoms with Crippen LogP contribution in [-0.2, 0) is 0 Å². The first-order valence-corrected chi connectivity index (χ1v) is 3.83. The van der Waals surface area contributed by atoms with Gasteiger partial charge in [-0.2, -0.15) is 5.26 Å². The molecular formula is C9H14N2. The molecule has 0 rings (SSSR count). The number of hydrogen-bond donors (Lipinski definition) is 1. The Balaban J connectivity index is 3.66. The molecule has 2 atom stereocenters. The lowest BCUT2D eigenvalue weighted by Crippen LogP contribution is -2.34. The summed E-state index contributed by atoms with van der Waals surface area (Å²) in [7, 11) is 0. The van der Waals surface area contributed by atoms with Crippen molar-refractivity contribution in [3.63, 3.8) is 0 Å². The fourth-order valence-electron chi connectivity index (χ4n) is 0.826. The van der Waals surface area contributed by atoms with Crippen LogP contribution in [0.1, 0.15) is 26.7 Å². The second-order valence-electron chi connectivity index (χ2n) is 2.57. The highest BCUT2D eigenvalue weighted by molar-refractivity contribution is 4.94. The molecule has 0 aliphatic heterocycles. The average Bonchev–Trinajstić information content (AvgIpc) is 2.01. The maximum absolute atomic E-state index is 8.58. The van der Waals surface area contributed by atoms with Crippen LogP contribution in [0.3, 0.4) is 0 Å². The molecule has 0 aromatic heterocycles. The third-order valence-electron chi connectivity index (χ3n) is 1.47. The predicted molar refractivity (Wildman–Crippen MR) is 45.7 cm³/mol. The average molecular weight is 150 g/mol. The molecule has 0 amide bonds. The standard InChI is InChI=1S/C9H14N2/c1-4-6-8(3)11-9(5-2)7-10/h1,8-9,11H,5-6H2,2-3H3. The van der Waals surface area contributed by atoms with Gasteiger partial charge in [-0.1, -0.05) is 6.92 Å². The van der Waals surface area contributed by atoms with Crippen molar-refractivity contribution in [2.75, 3.05) is 0 Å². The number of rotatable bonds is 4. The van der Waals surface area contributed by atoms with Crippen molar-refractivity contribution in [1.82, 2.24) is 5.32 Å². The van der Waals surface area contributed by atoms with E-state index in [1.54, 1.807) is 0 Å². The third-order valence-corrected chi connectivity index (χ3v) is 1.47. The van der Waals surface area contributed by atoms with Crippen LogP contribution in [0.25, 0.3) is 0 Å². The van der Waals surface area contributed by atoms with E-state index in [4.69, 9.17) is 11.7 Å². The van der Waals surface area contributed by atoms with Crippen molar-refractivity contribution in [1.29, 1.82) is 5.26 Å². The van der Waals surface area contributed by atoms with Gasteiger partial charge in [0.05, 0.1) is 12.1 Å². The lowest BCUT2D eigenvalue weighted by atomic mass is 10.2. The Kier molecular flexibility index (Phi) is 5.25. The van der Waals surface area contributed by atoms with E-state index in [2.05, 4.69) is 17.3 Å². The van der Waals surface area contributed by atoms with Crippen molar-refractivity contribution in [2.24, 2.45) is 0 Å².